The summed E-state index contributed by atoms with van der Waals surface area (Å²) in [5, 5.41) is 0. The molecule has 3 heterocycles. The highest BCUT2D eigenvalue weighted by Crippen LogP contribution is 2.54. The molecule has 0 amide bonds. The molecule has 5 aliphatic rings. The van der Waals surface area contributed by atoms with E-state index in [1.807, 2.05) is 0 Å². The summed E-state index contributed by atoms with van der Waals surface area (Å²) in [5.41, 5.74) is 0.346. The van der Waals surface area contributed by atoms with Crippen molar-refractivity contribution in [1.82, 2.24) is 0 Å². The van der Waals surface area contributed by atoms with Crippen LogP contribution in [0, 0.1) is 40.9 Å². The third kappa shape index (κ3) is 6.63. The van der Waals surface area contributed by atoms with E-state index < -0.39 is 0 Å². The van der Waals surface area contributed by atoms with Crippen molar-refractivity contribution in [1.29, 1.82) is 0 Å². The molecule has 5 heteroatoms. The molecule has 0 aromatic carbocycles. The Morgan fingerprint density at radius 3 is 1.69 bits per heavy atom. The van der Waals surface area contributed by atoms with Gasteiger partial charge in [-0.25, -0.2) is 0 Å². The van der Waals surface area contributed by atoms with Gasteiger partial charge < -0.3 is 23.7 Å². The van der Waals surface area contributed by atoms with Crippen LogP contribution in [0.1, 0.15) is 86.0 Å². The van der Waals surface area contributed by atoms with Crippen LogP contribution in [-0.4, -0.2) is 63.6 Å². The molecule has 2 aliphatic carbocycles. The lowest BCUT2D eigenvalue weighted by Crippen LogP contribution is -2.48. The van der Waals surface area contributed by atoms with Gasteiger partial charge in [0.2, 0.25) is 0 Å². The first-order chi connectivity index (χ1) is 16.9. The van der Waals surface area contributed by atoms with Gasteiger partial charge >= 0.3 is 0 Å². The van der Waals surface area contributed by atoms with Gasteiger partial charge in [0.05, 0.1) is 51.3 Å². The first-order valence-corrected chi connectivity index (χ1v) is 15.0. The molecule has 0 N–H and O–H groups in total. The van der Waals surface area contributed by atoms with E-state index >= 15 is 0 Å². The third-order valence-corrected chi connectivity index (χ3v) is 10.5. The molecule has 202 valence electrons. The molecule has 0 aromatic rings. The number of hydrogen-bond acceptors (Lipinski definition) is 5. The van der Waals surface area contributed by atoms with Gasteiger partial charge in [0.15, 0.2) is 0 Å². The van der Waals surface area contributed by atoms with Crippen molar-refractivity contribution >= 4 is 0 Å². The number of ether oxygens (including phenoxy) is 5. The van der Waals surface area contributed by atoms with E-state index in [4.69, 9.17) is 23.7 Å². The molecule has 11 atom stereocenters. The van der Waals surface area contributed by atoms with Crippen LogP contribution in [0.4, 0.5) is 0 Å². The molecule has 35 heavy (non-hydrogen) atoms. The smallest absolute Gasteiger partial charge is 0.104 e. The van der Waals surface area contributed by atoms with Gasteiger partial charge in [0, 0.05) is 0 Å². The minimum atomic E-state index is 0.346. The van der Waals surface area contributed by atoms with E-state index in [0.29, 0.717) is 59.6 Å². The largest absolute Gasteiger partial charge is 0.375 e. The van der Waals surface area contributed by atoms with E-state index in [9.17, 15) is 0 Å². The molecule has 11 unspecified atom stereocenters. The number of rotatable bonds is 13. The summed E-state index contributed by atoms with van der Waals surface area (Å²) in [6, 6.07) is 0. The van der Waals surface area contributed by atoms with Crippen molar-refractivity contribution in [3.8, 4) is 0 Å². The van der Waals surface area contributed by atoms with Crippen molar-refractivity contribution in [2.45, 2.75) is 117 Å². The molecule has 5 fully saturated rings. The molecule has 2 saturated carbocycles. The minimum Gasteiger partial charge on any atom is -0.375 e. The fourth-order valence-electron chi connectivity index (χ4n) is 7.72. The summed E-state index contributed by atoms with van der Waals surface area (Å²) < 4.78 is 29.5. The van der Waals surface area contributed by atoms with Crippen LogP contribution in [0.5, 0.6) is 0 Å². The summed E-state index contributed by atoms with van der Waals surface area (Å²) in [5.74, 6) is 4.14. The van der Waals surface area contributed by atoms with Crippen molar-refractivity contribution in [2.75, 3.05) is 33.0 Å². The standard InChI is InChI=1S/C30H52O5/c1-6-20-11-23(10-19(3)28(20)34-17-26-15-32-26)30(4,5)24-12-21(7-2)29(35-18-27-16-33-27)22(13-24)8-9-25-14-31-25/h19-29H,6-18H2,1-5H3. The maximum Gasteiger partial charge on any atom is 0.104 e. The van der Waals surface area contributed by atoms with Crippen molar-refractivity contribution in [3.05, 3.63) is 0 Å². The van der Waals surface area contributed by atoms with Gasteiger partial charge in [-0.3, -0.25) is 0 Å². The van der Waals surface area contributed by atoms with E-state index in [-0.39, 0.29) is 0 Å². The van der Waals surface area contributed by atoms with E-state index in [2.05, 4.69) is 34.6 Å². The van der Waals surface area contributed by atoms with Gasteiger partial charge in [-0.05, 0) is 79.4 Å². The first-order valence-electron chi connectivity index (χ1n) is 15.0. The van der Waals surface area contributed by atoms with Crippen LogP contribution in [0.25, 0.3) is 0 Å². The molecular weight excluding hydrogens is 440 g/mol. The summed E-state index contributed by atoms with van der Waals surface area (Å²) in [6.45, 7) is 16.7. The monoisotopic (exact) mass is 492 g/mol. The SMILES string of the molecule is CCC1CC(C(C)(C)C2CC(CC)C(OCC3CO3)C(CCC3CO3)C2)CC(C)C1OCC1CO1. The van der Waals surface area contributed by atoms with Gasteiger partial charge in [0.1, 0.15) is 12.2 Å². The van der Waals surface area contributed by atoms with E-state index in [1.54, 1.807) is 0 Å². The topological polar surface area (TPSA) is 56.0 Å². The second-order valence-electron chi connectivity index (χ2n) is 13.3. The third-order valence-electron chi connectivity index (χ3n) is 10.5. The fraction of sp³-hybridized carbons (Fsp3) is 1.00. The van der Waals surface area contributed by atoms with Gasteiger partial charge in [-0.2, -0.15) is 0 Å². The van der Waals surface area contributed by atoms with Crippen LogP contribution in [-0.2, 0) is 23.7 Å². The lowest BCUT2D eigenvalue weighted by atomic mass is 9.54. The second kappa shape index (κ2) is 11.3. The Labute approximate surface area is 214 Å². The molecule has 5 rings (SSSR count). The average Bonchev–Trinajstić information content (AvgIpc) is 3.70. The Morgan fingerprint density at radius 2 is 1.14 bits per heavy atom. The average molecular weight is 493 g/mol. The molecular formula is C30H52O5. The molecule has 3 aliphatic heterocycles. The van der Waals surface area contributed by atoms with E-state index in [0.717, 1.165) is 44.9 Å². The Bertz CT molecular complexity index is 670. The van der Waals surface area contributed by atoms with Crippen molar-refractivity contribution in [2.24, 2.45) is 40.9 Å². The second-order valence-corrected chi connectivity index (χ2v) is 13.3. The normalized spacial score (nSPS) is 45.3. The predicted molar refractivity (Wildman–Crippen MR) is 137 cm³/mol. The van der Waals surface area contributed by atoms with E-state index in [1.165, 1.54) is 51.4 Å². The summed E-state index contributed by atoms with van der Waals surface area (Å²) >= 11 is 0. The minimum absolute atomic E-state index is 0.346. The highest BCUT2D eigenvalue weighted by Gasteiger charge is 2.49. The van der Waals surface area contributed by atoms with Gasteiger partial charge in [-0.15, -0.1) is 0 Å². The quantitative estimate of drug-likeness (QED) is 0.300. The zero-order valence-corrected chi connectivity index (χ0v) is 23.1. The highest BCUT2D eigenvalue weighted by atomic mass is 16.6. The molecule has 5 nitrogen and oxygen atoms in total. The molecule has 0 bridgehead atoms. The highest BCUT2D eigenvalue weighted by molar-refractivity contribution is 4.98. The van der Waals surface area contributed by atoms with Crippen LogP contribution in [0.15, 0.2) is 0 Å². The van der Waals surface area contributed by atoms with Crippen molar-refractivity contribution in [3.63, 3.8) is 0 Å². The van der Waals surface area contributed by atoms with Gasteiger partial charge in [-0.1, -0.05) is 47.5 Å². The van der Waals surface area contributed by atoms with Crippen LogP contribution < -0.4 is 0 Å². The number of hydrogen-bond donors (Lipinski definition) is 0. The van der Waals surface area contributed by atoms with Crippen LogP contribution in [0.3, 0.4) is 0 Å². The summed E-state index contributed by atoms with van der Waals surface area (Å²) in [6.07, 6.45) is 12.2. The van der Waals surface area contributed by atoms with Crippen LogP contribution in [0.2, 0.25) is 0 Å². The zero-order chi connectivity index (χ0) is 24.6. The molecule has 3 saturated heterocycles. The Kier molecular flexibility index (Phi) is 8.50. The fourth-order valence-corrected chi connectivity index (χ4v) is 7.72. The first kappa shape index (κ1) is 26.4. The maximum absolute atomic E-state index is 6.61. The molecule has 0 aromatic heterocycles. The lowest BCUT2D eigenvalue weighted by Gasteiger charge is -2.53. The Balaban J connectivity index is 1.25. The maximum atomic E-state index is 6.61. The molecule has 0 spiro atoms. The van der Waals surface area contributed by atoms with Gasteiger partial charge in [0.25, 0.3) is 0 Å². The van der Waals surface area contributed by atoms with Crippen molar-refractivity contribution < 1.29 is 23.7 Å². The summed E-state index contributed by atoms with van der Waals surface area (Å²) in [7, 11) is 0. The Morgan fingerprint density at radius 1 is 0.657 bits per heavy atom. The summed E-state index contributed by atoms with van der Waals surface area (Å²) in [4.78, 5) is 0. The van der Waals surface area contributed by atoms with Crippen LogP contribution >= 0.6 is 0 Å². The Hall–Kier alpha value is -0.200. The lowest BCUT2D eigenvalue weighted by molar-refractivity contribution is -0.113. The zero-order valence-electron chi connectivity index (χ0n) is 23.1. The predicted octanol–water partition coefficient (Wildman–Crippen LogP) is 5.88. The number of epoxide rings is 3. The molecule has 0 radical (unpaired) electrons.